The summed E-state index contributed by atoms with van der Waals surface area (Å²) in [5.41, 5.74) is 0. The smallest absolute Gasteiger partial charge is 0.310 e. The molecule has 0 aromatic carbocycles. The molecule has 0 aromatic heterocycles. The molecule has 4 nitrogen and oxygen atoms in total. The molecule has 0 bridgehead atoms. The maximum atomic E-state index is 11.8. The predicted molar refractivity (Wildman–Crippen MR) is 60.1 cm³/mol. The molecule has 92 valence electrons. The molecule has 4 heteroatoms. The van der Waals surface area contributed by atoms with E-state index in [-0.39, 0.29) is 18.0 Å². The molecule has 3 atom stereocenters. The first-order chi connectivity index (χ1) is 7.77. The van der Waals surface area contributed by atoms with E-state index >= 15 is 0 Å². The average molecular weight is 227 g/mol. The third-order valence-corrected chi connectivity index (χ3v) is 3.51. The molecule has 0 radical (unpaired) electrons. The molecule has 2 fully saturated rings. The molecule has 0 amide bonds. The molecule has 2 aliphatic rings. The van der Waals surface area contributed by atoms with Crippen LogP contribution in [0, 0.1) is 11.8 Å². The second kappa shape index (κ2) is 5.64. The maximum absolute atomic E-state index is 11.8. The van der Waals surface area contributed by atoms with Gasteiger partial charge in [0.05, 0.1) is 12.0 Å². The molecule has 2 rings (SSSR count). The number of carbonyl (C=O) groups is 1. The fourth-order valence-corrected chi connectivity index (χ4v) is 2.35. The highest BCUT2D eigenvalue weighted by molar-refractivity contribution is 5.73. The lowest BCUT2D eigenvalue weighted by atomic mass is 9.98. The van der Waals surface area contributed by atoms with Gasteiger partial charge in [-0.15, -0.1) is 0 Å². The van der Waals surface area contributed by atoms with Gasteiger partial charge in [0, 0.05) is 13.2 Å². The van der Waals surface area contributed by atoms with Gasteiger partial charge in [0.25, 0.3) is 0 Å². The van der Waals surface area contributed by atoms with E-state index in [4.69, 9.17) is 9.47 Å². The van der Waals surface area contributed by atoms with Crippen LogP contribution >= 0.6 is 0 Å². The fourth-order valence-electron chi connectivity index (χ4n) is 2.35. The summed E-state index contributed by atoms with van der Waals surface area (Å²) in [5, 5.41) is 3.21. The van der Waals surface area contributed by atoms with Gasteiger partial charge in [-0.05, 0) is 31.7 Å². The van der Waals surface area contributed by atoms with Crippen LogP contribution < -0.4 is 5.32 Å². The number of carbonyl (C=O) groups excluding carboxylic acids is 1. The van der Waals surface area contributed by atoms with E-state index in [0.717, 1.165) is 32.5 Å². The second-order valence-corrected chi connectivity index (χ2v) is 4.86. The van der Waals surface area contributed by atoms with Crippen LogP contribution in [0.5, 0.6) is 0 Å². The van der Waals surface area contributed by atoms with Crippen LogP contribution in [0.25, 0.3) is 0 Å². The van der Waals surface area contributed by atoms with Gasteiger partial charge >= 0.3 is 5.97 Å². The summed E-state index contributed by atoms with van der Waals surface area (Å²) in [6.07, 6.45) is 3.46. The minimum absolute atomic E-state index is 0.0311. The standard InChI is InChI=1S/C12H21NO3/c1-9-6-13-7-11(9)12(14)16-8-10-4-2-3-5-15-10/h9-11,13H,2-8H2,1H3/t9-,10?,11-/m1/s1. The van der Waals surface area contributed by atoms with Crippen molar-refractivity contribution >= 4 is 5.97 Å². The first-order valence-corrected chi connectivity index (χ1v) is 6.26. The molecule has 1 unspecified atom stereocenters. The molecule has 2 aliphatic heterocycles. The van der Waals surface area contributed by atoms with Crippen LogP contribution in [0.4, 0.5) is 0 Å². The third-order valence-electron chi connectivity index (χ3n) is 3.51. The van der Waals surface area contributed by atoms with E-state index in [1.54, 1.807) is 0 Å². The number of hydrogen-bond acceptors (Lipinski definition) is 4. The summed E-state index contributed by atoms with van der Waals surface area (Å²) in [6.45, 7) is 5.00. The van der Waals surface area contributed by atoms with Crippen molar-refractivity contribution in [3.63, 3.8) is 0 Å². The largest absolute Gasteiger partial charge is 0.463 e. The molecular weight excluding hydrogens is 206 g/mol. The zero-order valence-corrected chi connectivity index (χ0v) is 9.91. The average Bonchev–Trinajstić information content (AvgIpc) is 2.74. The molecular formula is C12H21NO3. The molecule has 2 heterocycles. The predicted octanol–water partition coefficient (Wildman–Crippen LogP) is 0.954. The van der Waals surface area contributed by atoms with Crippen molar-refractivity contribution in [2.24, 2.45) is 11.8 Å². The Balaban J connectivity index is 1.70. The zero-order chi connectivity index (χ0) is 11.4. The van der Waals surface area contributed by atoms with Gasteiger partial charge < -0.3 is 14.8 Å². The van der Waals surface area contributed by atoms with Gasteiger partial charge in [0.2, 0.25) is 0 Å². The van der Waals surface area contributed by atoms with Crippen LogP contribution in [-0.2, 0) is 14.3 Å². The summed E-state index contributed by atoms with van der Waals surface area (Å²) >= 11 is 0. The topological polar surface area (TPSA) is 47.6 Å². The molecule has 0 aliphatic carbocycles. The highest BCUT2D eigenvalue weighted by Crippen LogP contribution is 2.18. The Morgan fingerprint density at radius 1 is 1.44 bits per heavy atom. The minimum atomic E-state index is -0.0633. The maximum Gasteiger partial charge on any atom is 0.310 e. The van der Waals surface area contributed by atoms with Crippen molar-refractivity contribution < 1.29 is 14.3 Å². The van der Waals surface area contributed by atoms with Gasteiger partial charge in [-0.2, -0.15) is 0 Å². The first-order valence-electron chi connectivity index (χ1n) is 6.26. The van der Waals surface area contributed by atoms with E-state index in [1.807, 2.05) is 0 Å². The summed E-state index contributed by atoms with van der Waals surface area (Å²) in [4.78, 5) is 11.8. The van der Waals surface area contributed by atoms with Gasteiger partial charge in [0.15, 0.2) is 0 Å². The van der Waals surface area contributed by atoms with Gasteiger partial charge in [-0.3, -0.25) is 4.79 Å². The number of nitrogens with one attached hydrogen (secondary N) is 1. The highest BCUT2D eigenvalue weighted by Gasteiger charge is 2.31. The Hall–Kier alpha value is -0.610. The Morgan fingerprint density at radius 3 is 2.94 bits per heavy atom. The number of rotatable bonds is 3. The number of ether oxygens (including phenoxy) is 2. The van der Waals surface area contributed by atoms with Crippen molar-refractivity contribution in [1.29, 1.82) is 0 Å². The van der Waals surface area contributed by atoms with Gasteiger partial charge in [0.1, 0.15) is 6.61 Å². The molecule has 16 heavy (non-hydrogen) atoms. The van der Waals surface area contributed by atoms with Crippen LogP contribution in [0.3, 0.4) is 0 Å². The zero-order valence-electron chi connectivity index (χ0n) is 9.91. The van der Waals surface area contributed by atoms with E-state index in [2.05, 4.69) is 12.2 Å². The number of hydrogen-bond donors (Lipinski definition) is 1. The summed E-state index contributed by atoms with van der Waals surface area (Å²) in [6, 6.07) is 0. The van der Waals surface area contributed by atoms with E-state index in [9.17, 15) is 4.79 Å². The molecule has 1 N–H and O–H groups in total. The van der Waals surface area contributed by atoms with Crippen molar-refractivity contribution in [2.45, 2.75) is 32.3 Å². The Bertz CT molecular complexity index is 238. The van der Waals surface area contributed by atoms with E-state index in [0.29, 0.717) is 12.5 Å². The summed E-state index contributed by atoms with van der Waals surface area (Å²) in [7, 11) is 0. The Kier molecular flexibility index (Phi) is 4.18. The van der Waals surface area contributed by atoms with E-state index < -0.39 is 0 Å². The Labute approximate surface area is 96.7 Å². The molecule has 2 saturated heterocycles. The second-order valence-electron chi connectivity index (χ2n) is 4.86. The van der Waals surface area contributed by atoms with Crippen LogP contribution in [0.1, 0.15) is 26.2 Å². The van der Waals surface area contributed by atoms with Crippen molar-refractivity contribution in [2.75, 3.05) is 26.3 Å². The first kappa shape index (κ1) is 11.9. The summed E-state index contributed by atoms with van der Waals surface area (Å²) in [5.74, 6) is 0.357. The lowest BCUT2D eigenvalue weighted by Gasteiger charge is -2.23. The molecule has 0 saturated carbocycles. The van der Waals surface area contributed by atoms with Crippen molar-refractivity contribution in [1.82, 2.24) is 5.32 Å². The quantitative estimate of drug-likeness (QED) is 0.729. The Morgan fingerprint density at radius 2 is 2.31 bits per heavy atom. The lowest BCUT2D eigenvalue weighted by Crippen LogP contribution is -2.30. The van der Waals surface area contributed by atoms with Gasteiger partial charge in [-0.1, -0.05) is 6.92 Å². The van der Waals surface area contributed by atoms with Gasteiger partial charge in [-0.25, -0.2) is 0 Å². The normalized spacial score (nSPS) is 34.9. The third kappa shape index (κ3) is 2.95. The summed E-state index contributed by atoms with van der Waals surface area (Å²) < 4.78 is 10.9. The fraction of sp³-hybridized carbons (Fsp3) is 0.917. The van der Waals surface area contributed by atoms with Crippen LogP contribution in [0.15, 0.2) is 0 Å². The SMILES string of the molecule is C[C@@H]1CNC[C@H]1C(=O)OCC1CCCCO1. The molecule has 0 aromatic rings. The van der Waals surface area contributed by atoms with Crippen molar-refractivity contribution in [3.05, 3.63) is 0 Å². The lowest BCUT2D eigenvalue weighted by molar-refractivity contribution is -0.154. The molecule has 0 spiro atoms. The van der Waals surface area contributed by atoms with Crippen molar-refractivity contribution in [3.8, 4) is 0 Å². The van der Waals surface area contributed by atoms with Crippen LogP contribution in [-0.4, -0.2) is 38.4 Å². The highest BCUT2D eigenvalue weighted by atomic mass is 16.6. The monoisotopic (exact) mass is 227 g/mol. The van der Waals surface area contributed by atoms with Crippen LogP contribution in [0.2, 0.25) is 0 Å². The van der Waals surface area contributed by atoms with E-state index in [1.165, 1.54) is 6.42 Å². The number of esters is 1. The minimum Gasteiger partial charge on any atom is -0.463 e.